The van der Waals surface area contributed by atoms with Gasteiger partial charge in [0.1, 0.15) is 23.0 Å². The maximum absolute atomic E-state index is 12.8. The highest BCUT2D eigenvalue weighted by atomic mass is 16.5. The molecule has 0 fully saturated rings. The van der Waals surface area contributed by atoms with Crippen molar-refractivity contribution >= 4 is 34.2 Å². The van der Waals surface area contributed by atoms with Crippen LogP contribution in [0.15, 0.2) is 179 Å². The summed E-state index contributed by atoms with van der Waals surface area (Å²) in [4.78, 5) is 27.2. The molecule has 9 heteroatoms. The number of hydrogen-bond acceptors (Lipinski definition) is 7. The third-order valence-electron chi connectivity index (χ3n) is 16.9. The Balaban J connectivity index is 1.03. The van der Waals surface area contributed by atoms with Gasteiger partial charge in [-0.05, 0) is 121 Å². The van der Waals surface area contributed by atoms with E-state index >= 15 is 0 Å². The molecule has 9 nitrogen and oxygen atoms in total. The van der Waals surface area contributed by atoms with Crippen molar-refractivity contribution in [3.8, 4) is 23.0 Å². The van der Waals surface area contributed by atoms with Gasteiger partial charge >= 0.3 is 0 Å². The van der Waals surface area contributed by atoms with Crippen LogP contribution in [0.4, 0.5) is 0 Å². The Labute approximate surface area is 528 Å². The standard InChI is InChI=1S/C79H102N4O5/c1-4-7-10-13-16-19-22-25-28-34-59-85-65-45-39-62(40-46-65)77(69-51-53-71(80-69)78(73-55-57-75(84)82-73)63-41-47-66(48-42-63)86-60-35-29-26-23-20-17-14-11-8-5-2)70-52-54-72(81-70)79(74-56-58-76(83-74)88-68-37-32-31-33-38-68)64-43-49-67(50-44-64)87-61-36-30-27-24-21-18-15-12-9-6-3/h31-33,37-58,81H,4-30,34-36,59-61H2,1-3H3,(H,82,84)/b77-69-,78-73+,79-74+. The van der Waals surface area contributed by atoms with Crippen LogP contribution in [-0.2, 0) is 4.79 Å². The van der Waals surface area contributed by atoms with E-state index in [-0.39, 0.29) is 5.91 Å². The third-order valence-corrected chi connectivity index (χ3v) is 16.9. The van der Waals surface area contributed by atoms with Gasteiger partial charge in [-0.2, -0.15) is 0 Å². The van der Waals surface area contributed by atoms with Crippen LogP contribution >= 0.6 is 0 Å². The van der Waals surface area contributed by atoms with Gasteiger partial charge in [-0.15, -0.1) is 0 Å². The molecule has 0 saturated carbocycles. The zero-order chi connectivity index (χ0) is 61.1. The van der Waals surface area contributed by atoms with E-state index in [1.807, 2.05) is 60.7 Å². The number of allylic oxidation sites excluding steroid dienone is 5. The van der Waals surface area contributed by atoms with Gasteiger partial charge in [0, 0.05) is 40.3 Å². The maximum Gasteiger partial charge on any atom is 0.248 e. The topological polar surface area (TPSA) is 107 Å². The Bertz CT molecular complexity index is 3120. The van der Waals surface area contributed by atoms with Crippen molar-refractivity contribution in [1.82, 2.24) is 10.3 Å². The van der Waals surface area contributed by atoms with Crippen molar-refractivity contribution in [3.05, 3.63) is 197 Å². The molecule has 2 N–H and O–H groups in total. The molecule has 5 aromatic rings. The van der Waals surface area contributed by atoms with E-state index in [1.165, 1.54) is 173 Å². The molecule has 1 amide bonds. The second kappa shape index (κ2) is 38.8. The minimum Gasteiger partial charge on any atom is -0.494 e. The molecule has 468 valence electrons. The van der Waals surface area contributed by atoms with E-state index in [9.17, 15) is 4.79 Å². The number of carbonyl (C=O) groups excluding carboxylic acids is 1. The molecule has 1 aromatic heterocycles. The number of H-pyrrole nitrogens is 1. The Morgan fingerprint density at radius 2 is 0.727 bits per heavy atom. The largest absolute Gasteiger partial charge is 0.494 e. The lowest BCUT2D eigenvalue weighted by atomic mass is 9.98. The zero-order valence-corrected chi connectivity index (χ0v) is 53.7. The van der Waals surface area contributed by atoms with Crippen LogP contribution in [0.1, 0.15) is 241 Å². The first-order valence-corrected chi connectivity index (χ1v) is 34.4. The SMILES string of the molecule is CCCCCCCCCCCCOc1ccc(/C(=C2\C=CC(C(=C3\C=CC(=O)N3)/c3ccc(OCCCCCCCCCCCC)cc3)=N2)c2ccc(/C(=C3\C=CC(Oc4ccccc4)=N3)c3ccc(OCCCCCCCCCCCC)cc3)[nH]2)cc1. The molecule has 4 aromatic carbocycles. The second-order valence-corrected chi connectivity index (χ2v) is 24.1. The summed E-state index contributed by atoms with van der Waals surface area (Å²) in [5.41, 5.74) is 10.3. The van der Waals surface area contributed by atoms with Gasteiger partial charge in [-0.3, -0.25) is 4.79 Å². The summed E-state index contributed by atoms with van der Waals surface area (Å²) in [5.74, 6) is 3.61. The minimum absolute atomic E-state index is 0.158. The van der Waals surface area contributed by atoms with Crippen molar-refractivity contribution < 1.29 is 23.7 Å². The highest BCUT2D eigenvalue weighted by molar-refractivity contribution is 6.32. The number of para-hydroxylation sites is 1. The number of ether oxygens (including phenoxy) is 4. The van der Waals surface area contributed by atoms with Gasteiger partial charge in [-0.1, -0.05) is 249 Å². The number of rotatable bonds is 43. The lowest BCUT2D eigenvalue weighted by Crippen LogP contribution is -2.16. The first kappa shape index (κ1) is 66.6. The zero-order valence-electron chi connectivity index (χ0n) is 53.7. The number of nitrogens with zero attached hydrogens (tertiary/aromatic N) is 2. The molecule has 0 bridgehead atoms. The van der Waals surface area contributed by atoms with Crippen LogP contribution in [0.3, 0.4) is 0 Å². The monoisotopic (exact) mass is 1190 g/mol. The van der Waals surface area contributed by atoms with Gasteiger partial charge in [-0.25, -0.2) is 9.98 Å². The van der Waals surface area contributed by atoms with E-state index in [1.54, 1.807) is 6.08 Å². The van der Waals surface area contributed by atoms with Crippen LogP contribution in [0, 0.1) is 0 Å². The molecular formula is C79H102N4O5. The van der Waals surface area contributed by atoms with E-state index in [0.29, 0.717) is 31.4 Å². The number of amides is 1. The first-order chi connectivity index (χ1) is 43.5. The Hall–Kier alpha value is -7.39. The second-order valence-electron chi connectivity index (χ2n) is 24.1. The molecule has 3 aliphatic rings. The molecule has 0 atom stereocenters. The molecule has 0 spiro atoms. The number of unbranched alkanes of at least 4 members (excludes halogenated alkanes) is 27. The molecule has 0 radical (unpaired) electrons. The highest BCUT2D eigenvalue weighted by Gasteiger charge is 2.24. The fourth-order valence-electron chi connectivity index (χ4n) is 11.8. The summed E-state index contributed by atoms with van der Waals surface area (Å²) >= 11 is 0. The van der Waals surface area contributed by atoms with Crippen LogP contribution in [-0.4, -0.2) is 42.3 Å². The fourth-order valence-corrected chi connectivity index (χ4v) is 11.8. The average molecular weight is 1190 g/mol. The number of hydrogen-bond donors (Lipinski definition) is 2. The quantitative estimate of drug-likeness (QED) is 0.0378. The van der Waals surface area contributed by atoms with E-state index in [0.717, 1.165) is 104 Å². The molecule has 4 heterocycles. The smallest absolute Gasteiger partial charge is 0.248 e. The van der Waals surface area contributed by atoms with E-state index < -0.39 is 0 Å². The van der Waals surface area contributed by atoms with Gasteiger partial charge in [0.2, 0.25) is 11.8 Å². The summed E-state index contributed by atoms with van der Waals surface area (Å²) in [6.07, 6.45) is 50.1. The first-order valence-electron chi connectivity index (χ1n) is 34.4. The predicted molar refractivity (Wildman–Crippen MR) is 369 cm³/mol. The highest BCUT2D eigenvalue weighted by Crippen LogP contribution is 2.38. The van der Waals surface area contributed by atoms with Crippen LogP contribution in [0.25, 0.3) is 16.7 Å². The number of nitrogens with one attached hydrogen (secondary N) is 2. The van der Waals surface area contributed by atoms with Gasteiger partial charge in [0.05, 0.1) is 42.6 Å². The number of aromatic amines is 1. The van der Waals surface area contributed by atoms with Gasteiger partial charge in [0.15, 0.2) is 0 Å². The van der Waals surface area contributed by atoms with Crippen LogP contribution in [0.2, 0.25) is 0 Å². The normalized spacial score (nSPS) is 15.2. The molecule has 0 saturated heterocycles. The number of aliphatic imine (C=N–C) groups is 2. The number of benzene rings is 4. The molecular weight excluding hydrogens is 1080 g/mol. The Morgan fingerprint density at radius 1 is 0.352 bits per heavy atom. The molecule has 0 aliphatic carbocycles. The molecule has 0 unspecified atom stereocenters. The average Bonchev–Trinajstić information content (AvgIpc) is 2.65. The summed E-state index contributed by atoms with van der Waals surface area (Å²) in [6.45, 7) is 8.91. The maximum atomic E-state index is 12.8. The predicted octanol–water partition coefficient (Wildman–Crippen LogP) is 21.6. The summed E-state index contributed by atoms with van der Waals surface area (Å²) in [7, 11) is 0. The Morgan fingerprint density at radius 3 is 1.12 bits per heavy atom. The molecule has 3 aliphatic heterocycles. The van der Waals surface area contributed by atoms with Crippen LogP contribution < -0.4 is 24.3 Å². The number of aromatic nitrogens is 1. The molecule has 88 heavy (non-hydrogen) atoms. The Kier molecular flexibility index (Phi) is 29.3. The third kappa shape index (κ3) is 22.3. The van der Waals surface area contributed by atoms with Crippen molar-refractivity contribution in [1.29, 1.82) is 0 Å². The van der Waals surface area contributed by atoms with E-state index in [2.05, 4.69) is 116 Å². The minimum atomic E-state index is -0.158. The lowest BCUT2D eigenvalue weighted by Gasteiger charge is -2.13. The van der Waals surface area contributed by atoms with Crippen molar-refractivity contribution in [2.75, 3.05) is 19.8 Å². The van der Waals surface area contributed by atoms with Crippen molar-refractivity contribution in [2.45, 2.75) is 213 Å². The van der Waals surface area contributed by atoms with Crippen LogP contribution in [0.5, 0.6) is 23.0 Å². The van der Waals surface area contributed by atoms with Gasteiger partial charge in [0.25, 0.3) is 0 Å². The lowest BCUT2D eigenvalue weighted by molar-refractivity contribution is -0.115. The fraction of sp³-hybridized carbons (Fsp3) is 0.456. The summed E-state index contributed by atoms with van der Waals surface area (Å²) in [6, 6.07) is 39.1. The van der Waals surface area contributed by atoms with Crippen molar-refractivity contribution in [3.63, 3.8) is 0 Å². The summed E-state index contributed by atoms with van der Waals surface area (Å²) in [5, 5.41) is 3.09. The van der Waals surface area contributed by atoms with E-state index in [4.69, 9.17) is 28.9 Å². The number of carbonyl (C=O) groups is 1. The summed E-state index contributed by atoms with van der Waals surface area (Å²) < 4.78 is 25.2. The van der Waals surface area contributed by atoms with Gasteiger partial charge < -0.3 is 29.2 Å². The molecule has 8 rings (SSSR count). The van der Waals surface area contributed by atoms with Crippen molar-refractivity contribution in [2.24, 2.45) is 9.98 Å².